The number of aliphatic hydroxyl groups is 22. The molecule has 0 radical (unpaired) electrons. The lowest BCUT2D eigenvalue weighted by atomic mass is 9.89. The van der Waals surface area contributed by atoms with Crippen LogP contribution in [-0.4, -0.2) is 417 Å². The number of aliphatic hydroxyl groups excluding tert-OH is 22. The van der Waals surface area contributed by atoms with Crippen molar-refractivity contribution in [2.24, 2.45) is 11.5 Å². The Morgan fingerprint density at radius 3 is 1.53 bits per heavy atom. The maximum atomic E-state index is 13.9. The third kappa shape index (κ3) is 16.8. The number of carboxylic acid groups (broad SMARTS) is 2. The average molecular weight is 1410 g/mol. The highest BCUT2D eigenvalue weighted by atomic mass is 31.2. The van der Waals surface area contributed by atoms with Crippen molar-refractivity contribution in [1.29, 1.82) is 0 Å². The van der Waals surface area contributed by atoms with E-state index < -0.39 is 305 Å². The Balaban J connectivity index is 1.33. The second kappa shape index (κ2) is 32.5. The number of phosphoric ester groups is 1. The first kappa shape index (κ1) is 78.9. The molecule has 0 aromatic carbocycles. The highest BCUT2D eigenvalue weighted by Gasteiger charge is 2.65. The molecule has 46 heteroatoms. The molecule has 7 aliphatic heterocycles. The first-order valence-electron chi connectivity index (χ1n) is 28.8. The van der Waals surface area contributed by atoms with Crippen molar-refractivity contribution in [3.05, 3.63) is 0 Å². The summed E-state index contributed by atoms with van der Waals surface area (Å²) in [7, 11) is -5.79. The van der Waals surface area contributed by atoms with Crippen molar-refractivity contribution in [3.8, 4) is 0 Å². The fourth-order valence-corrected chi connectivity index (χ4v) is 12.1. The van der Waals surface area contributed by atoms with Crippen LogP contribution < -0.4 is 11.5 Å². The molecule has 0 spiro atoms. The van der Waals surface area contributed by atoms with Gasteiger partial charge in [-0.3, -0.25) is 4.52 Å². The second-order valence-electron chi connectivity index (χ2n) is 23.2. The normalized spacial score (nSPS) is 47.9. The number of nitrogens with two attached hydrogens (primary N) is 2. The lowest BCUT2D eigenvalue weighted by Gasteiger charge is -2.53. The van der Waals surface area contributed by atoms with Crippen LogP contribution in [0.2, 0.25) is 0 Å². The van der Waals surface area contributed by atoms with E-state index in [1.165, 1.54) is 0 Å². The number of carboxylic acids is 2. The topological polar surface area (TPSA) is 758 Å². The second-order valence-corrected chi connectivity index (χ2v) is 24.4. The van der Waals surface area contributed by atoms with E-state index in [2.05, 4.69) is 0 Å². The smallest absolute Gasteiger partial charge is 0.470 e. The van der Waals surface area contributed by atoms with Crippen LogP contribution in [0.25, 0.3) is 0 Å². The molecular formula is C48H83N2O43P. The first-order valence-corrected chi connectivity index (χ1v) is 30.3. The van der Waals surface area contributed by atoms with Crippen molar-refractivity contribution in [1.82, 2.24) is 0 Å². The van der Waals surface area contributed by atoms with Gasteiger partial charge in [-0.05, 0) is 0 Å². The average Bonchev–Trinajstić information content (AvgIpc) is 0.749. The zero-order chi connectivity index (χ0) is 70.1. The Bertz CT molecular complexity index is 2470. The van der Waals surface area contributed by atoms with E-state index in [0.717, 1.165) is 0 Å². The molecule has 0 aromatic rings. The summed E-state index contributed by atoms with van der Waals surface area (Å²) in [5.74, 6) is -11.9. The summed E-state index contributed by atoms with van der Waals surface area (Å²) in [5, 5.41) is 260. The van der Waals surface area contributed by atoms with Gasteiger partial charge in [0, 0.05) is 12.8 Å². The molecule has 37 atom stereocenters. The fraction of sp³-hybridized carbons (Fsp3) is 0.958. The van der Waals surface area contributed by atoms with Gasteiger partial charge >= 0.3 is 19.8 Å². The summed E-state index contributed by atoms with van der Waals surface area (Å²) in [6.07, 6.45) is -79.4. The van der Waals surface area contributed by atoms with Gasteiger partial charge in [-0.2, -0.15) is 0 Å². The number of hydrogen-bond donors (Lipinski definition) is 28. The molecule has 7 rings (SSSR count). The maximum absolute atomic E-state index is 13.9. The number of ether oxygens (including phenoxy) is 13. The number of aliphatic carboxylic acids is 2. The van der Waals surface area contributed by atoms with Crippen molar-refractivity contribution in [2.45, 2.75) is 239 Å². The zero-order valence-electron chi connectivity index (χ0n) is 48.7. The first-order chi connectivity index (χ1) is 43.9. The van der Waals surface area contributed by atoms with Gasteiger partial charge in [-0.15, -0.1) is 0 Å². The molecule has 45 nitrogen and oxygen atoms in total. The van der Waals surface area contributed by atoms with Gasteiger partial charge < -0.3 is 205 Å². The zero-order valence-corrected chi connectivity index (χ0v) is 49.6. The van der Waals surface area contributed by atoms with Crippen molar-refractivity contribution in [3.63, 3.8) is 0 Å². The molecule has 7 aliphatic rings. The predicted octanol–water partition coefficient (Wildman–Crippen LogP) is -17.8. The van der Waals surface area contributed by atoms with E-state index in [4.69, 9.17) is 77.6 Å². The van der Waals surface area contributed by atoms with Crippen molar-refractivity contribution in [2.75, 3.05) is 46.2 Å². The Morgan fingerprint density at radius 2 is 0.957 bits per heavy atom. The monoisotopic (exact) mass is 1410 g/mol. The van der Waals surface area contributed by atoms with Crippen molar-refractivity contribution < 1.29 is 213 Å². The van der Waals surface area contributed by atoms with Crippen LogP contribution in [0.5, 0.6) is 0 Å². The van der Waals surface area contributed by atoms with E-state index in [1.54, 1.807) is 0 Å². The van der Waals surface area contributed by atoms with Gasteiger partial charge in [-0.25, -0.2) is 14.2 Å². The van der Waals surface area contributed by atoms with Crippen LogP contribution in [0.3, 0.4) is 0 Å². The molecule has 0 aromatic heterocycles. The van der Waals surface area contributed by atoms with E-state index in [9.17, 15) is 146 Å². The molecule has 94 heavy (non-hydrogen) atoms. The lowest BCUT2D eigenvalue weighted by molar-refractivity contribution is -0.415. The predicted molar refractivity (Wildman–Crippen MR) is 281 cm³/mol. The van der Waals surface area contributed by atoms with E-state index in [1.807, 2.05) is 0 Å². The Kier molecular flexibility index (Phi) is 27.3. The van der Waals surface area contributed by atoms with E-state index in [0.29, 0.717) is 0 Å². The largest absolute Gasteiger partial charge is 0.477 e. The summed E-state index contributed by atoms with van der Waals surface area (Å²) in [6, 6.07) is -3.47. The minimum atomic E-state index is -5.79. The minimum absolute atomic E-state index is 0.903. The molecule has 548 valence electrons. The Morgan fingerprint density at radius 1 is 0.468 bits per heavy atom. The van der Waals surface area contributed by atoms with Gasteiger partial charge in [0.2, 0.25) is 0 Å². The fourth-order valence-electron chi connectivity index (χ4n) is 11.5. The van der Waals surface area contributed by atoms with Crippen LogP contribution in [0.15, 0.2) is 0 Å². The molecule has 7 saturated heterocycles. The number of phosphoric acid groups is 1. The molecule has 7 heterocycles. The number of carbonyl (C=O) groups is 2. The summed E-state index contributed by atoms with van der Waals surface area (Å²) in [5.41, 5.74) is 11.7. The van der Waals surface area contributed by atoms with Crippen LogP contribution in [-0.2, 0) is 80.3 Å². The van der Waals surface area contributed by atoms with Gasteiger partial charge in [0.1, 0.15) is 159 Å². The Labute approximate surface area is 528 Å². The number of hydrogen-bond acceptors (Lipinski definition) is 41. The van der Waals surface area contributed by atoms with Crippen LogP contribution in [0.4, 0.5) is 0 Å². The quantitative estimate of drug-likeness (QED) is 0.0340. The molecule has 0 saturated carbocycles. The molecule has 0 amide bonds. The molecule has 7 fully saturated rings. The number of rotatable bonds is 27. The lowest BCUT2D eigenvalue weighted by Crippen LogP contribution is -2.71. The molecule has 0 unspecified atom stereocenters. The van der Waals surface area contributed by atoms with Crippen molar-refractivity contribution >= 4 is 19.8 Å². The van der Waals surface area contributed by atoms with E-state index >= 15 is 0 Å². The molecule has 0 bridgehead atoms. The van der Waals surface area contributed by atoms with Gasteiger partial charge in [0.15, 0.2) is 31.5 Å². The SMILES string of the molecule is N[C@@H]1[C@@H](O)[C@H](O)[C@@H](CO[C@@H]2O[C@H](CO[C@]3(C(=O)O)C[C@@H](O[C@]4(C(=O)O)C[C@@H](O)[C@@H](O)[C@@H]([C@H](O)CO)O4)[C@@H](O[C@H]4O[C@H]([C@@H](O)CO)[C@@H](O[C@@H]5O[C@H](CO)[C@@H](O)[C@H](O)[C@H]5O)[C@H](O[C@H]5O[C@H]([C@@H](O)CO)[C@@H](O)[C@H](O)[C@@H]5O)[C@@H]4O)[C@@H]([C@H](O)CO)O3)[C@@H](OP(=O)(O)O)[C@H](O)[C@H]2N)O[C@@H]1O. The van der Waals surface area contributed by atoms with Crippen LogP contribution in [0, 0.1) is 0 Å². The van der Waals surface area contributed by atoms with Crippen LogP contribution >= 0.6 is 7.82 Å². The third-order valence-electron chi connectivity index (χ3n) is 16.8. The Hall–Kier alpha value is -2.43. The van der Waals surface area contributed by atoms with Gasteiger partial charge in [0.05, 0.1) is 70.5 Å². The highest BCUT2D eigenvalue weighted by molar-refractivity contribution is 7.46. The summed E-state index contributed by atoms with van der Waals surface area (Å²) in [6.45, 7) is -9.06. The summed E-state index contributed by atoms with van der Waals surface area (Å²) in [4.78, 5) is 47.4. The molecule has 30 N–H and O–H groups in total. The molecular weight excluding hydrogens is 1320 g/mol. The third-order valence-corrected chi connectivity index (χ3v) is 17.3. The van der Waals surface area contributed by atoms with Gasteiger partial charge in [-0.1, -0.05) is 0 Å². The van der Waals surface area contributed by atoms with Crippen LogP contribution in [0.1, 0.15) is 12.8 Å². The molecule has 0 aliphatic carbocycles. The highest BCUT2D eigenvalue weighted by Crippen LogP contribution is 2.46. The van der Waals surface area contributed by atoms with Gasteiger partial charge in [0.25, 0.3) is 11.6 Å². The maximum Gasteiger partial charge on any atom is 0.470 e. The summed E-state index contributed by atoms with van der Waals surface area (Å²) < 4.78 is 91.7. The summed E-state index contributed by atoms with van der Waals surface area (Å²) >= 11 is 0. The standard InChI is InChI=1S/C48H83N2O43P/c49-19-24(64)23(63)17(82-40(19)72)8-80-41-20(50)25(65)36(93-94(77,78)79)18(84-41)9-81-47(45(73)74)2-15(90-48(46(75)76)1-10(56)21(61)33(91-48)12(58)4-52)37(35(92-47)14(60)6-54)87-44-31(71)38(88-43-30(70)27(67)28(68)32(85-43)11(57)3-51)39(34(86-44)13(59)5-53)89-42-29(69)26(66)22(62)16(7-55)83-42/h10-44,51-72H,1-9,49-50H2,(H,73,74)(H,75,76)(H2,77,78,79)/t10-,11+,12-,13+,14-,15-,16-,17-,18-,19-,20-,21-,22-,23-,24-,25-,26+,27+,28+,29-,30+,31+,32-,33-,34-,35-,36-,37-,38-,39-,40+,41-,42+,43-,44-,47-,48-/m1/s1. The van der Waals surface area contributed by atoms with E-state index in [-0.39, 0.29) is 0 Å². The minimum Gasteiger partial charge on any atom is -0.477 e.